The van der Waals surface area contributed by atoms with E-state index in [1.807, 2.05) is 6.92 Å². The second-order valence-corrected chi connectivity index (χ2v) is 2.11. The fourth-order valence-electron chi connectivity index (χ4n) is 0.475. The first-order valence-electron chi connectivity index (χ1n) is 3.69. The van der Waals surface area contributed by atoms with Gasteiger partial charge in [-0.05, 0) is 13.5 Å². The van der Waals surface area contributed by atoms with E-state index < -0.39 is 6.10 Å². The fraction of sp³-hybridized carbons (Fsp3) is 0.714. The summed E-state index contributed by atoms with van der Waals surface area (Å²) in [5.41, 5.74) is 2.36. The van der Waals surface area contributed by atoms with Gasteiger partial charge in [0, 0.05) is 0 Å². The number of hydrogen-bond acceptors (Lipinski definition) is 5. The Morgan fingerprint density at radius 2 is 2.33 bits per heavy atom. The monoisotopic (exact) mass is 177 g/mol. The molecular formula is C7H15NO4. The fourth-order valence-corrected chi connectivity index (χ4v) is 0.475. The lowest BCUT2D eigenvalue weighted by Gasteiger charge is -2.11. The van der Waals surface area contributed by atoms with Crippen molar-refractivity contribution in [1.29, 1.82) is 0 Å². The van der Waals surface area contributed by atoms with Crippen LogP contribution < -0.4 is 5.48 Å². The van der Waals surface area contributed by atoms with Crippen LogP contribution in [0.5, 0.6) is 0 Å². The maximum Gasteiger partial charge on any atom is 0.203 e. The summed E-state index contributed by atoms with van der Waals surface area (Å²) >= 11 is 0. The predicted octanol–water partition coefficient (Wildman–Crippen LogP) is -0.632. The molecule has 12 heavy (non-hydrogen) atoms. The van der Waals surface area contributed by atoms with Crippen molar-refractivity contribution in [2.24, 2.45) is 0 Å². The summed E-state index contributed by atoms with van der Waals surface area (Å²) in [4.78, 5) is 4.72. The Balaban J connectivity index is 3.24. The third-order valence-electron chi connectivity index (χ3n) is 0.991. The maximum atomic E-state index is 8.82. The van der Waals surface area contributed by atoms with Crippen molar-refractivity contribution in [3.63, 3.8) is 0 Å². The molecule has 5 heteroatoms. The summed E-state index contributed by atoms with van der Waals surface area (Å²) < 4.78 is 4.88. The van der Waals surface area contributed by atoms with Crippen LogP contribution in [-0.4, -0.2) is 36.1 Å². The smallest absolute Gasteiger partial charge is 0.203 e. The minimum atomic E-state index is -0.882. The van der Waals surface area contributed by atoms with Crippen LogP contribution in [0.2, 0.25) is 0 Å². The SMILES string of the molecule is C=C(NOCC(O)CO)OCC. The van der Waals surface area contributed by atoms with Gasteiger partial charge in [0.25, 0.3) is 0 Å². The van der Waals surface area contributed by atoms with Gasteiger partial charge < -0.3 is 14.9 Å². The van der Waals surface area contributed by atoms with E-state index in [0.29, 0.717) is 6.61 Å². The largest absolute Gasteiger partial charge is 0.478 e. The van der Waals surface area contributed by atoms with Gasteiger partial charge in [-0.15, -0.1) is 0 Å². The molecule has 0 rings (SSSR count). The van der Waals surface area contributed by atoms with Gasteiger partial charge in [0.2, 0.25) is 5.88 Å². The molecule has 0 amide bonds. The van der Waals surface area contributed by atoms with Crippen LogP contribution in [0.1, 0.15) is 6.92 Å². The zero-order valence-electron chi connectivity index (χ0n) is 7.12. The van der Waals surface area contributed by atoms with Crippen molar-refractivity contribution in [3.05, 3.63) is 12.5 Å². The number of hydrogen-bond donors (Lipinski definition) is 3. The van der Waals surface area contributed by atoms with Crippen LogP contribution in [0.25, 0.3) is 0 Å². The topological polar surface area (TPSA) is 71.0 Å². The first-order chi connectivity index (χ1) is 5.70. The molecule has 0 aliphatic heterocycles. The number of rotatable bonds is 7. The molecule has 0 spiro atoms. The average Bonchev–Trinajstić information content (AvgIpc) is 2.04. The molecule has 0 fully saturated rings. The van der Waals surface area contributed by atoms with Crippen molar-refractivity contribution in [1.82, 2.24) is 5.48 Å². The summed E-state index contributed by atoms with van der Waals surface area (Å²) in [5, 5.41) is 17.2. The Morgan fingerprint density at radius 1 is 1.67 bits per heavy atom. The van der Waals surface area contributed by atoms with E-state index in [-0.39, 0.29) is 19.1 Å². The number of nitrogens with one attached hydrogen (secondary N) is 1. The van der Waals surface area contributed by atoms with E-state index >= 15 is 0 Å². The zero-order valence-corrected chi connectivity index (χ0v) is 7.12. The van der Waals surface area contributed by atoms with E-state index in [2.05, 4.69) is 12.1 Å². The van der Waals surface area contributed by atoms with Crippen molar-refractivity contribution in [2.75, 3.05) is 19.8 Å². The van der Waals surface area contributed by atoms with Gasteiger partial charge in [-0.1, -0.05) is 0 Å². The lowest BCUT2D eigenvalue weighted by atomic mass is 10.4. The summed E-state index contributed by atoms with van der Waals surface area (Å²) in [7, 11) is 0. The van der Waals surface area contributed by atoms with Crippen LogP contribution in [0, 0.1) is 0 Å². The third kappa shape index (κ3) is 5.96. The Morgan fingerprint density at radius 3 is 2.83 bits per heavy atom. The predicted molar refractivity (Wildman–Crippen MR) is 42.9 cm³/mol. The summed E-state index contributed by atoms with van der Waals surface area (Å²) in [6.45, 7) is 5.44. The first-order valence-corrected chi connectivity index (χ1v) is 3.69. The van der Waals surface area contributed by atoms with Crippen molar-refractivity contribution in [3.8, 4) is 0 Å². The molecule has 0 aromatic rings. The summed E-state index contributed by atoms with van der Waals surface area (Å²) in [5.74, 6) is 0.280. The highest BCUT2D eigenvalue weighted by molar-refractivity contribution is 4.72. The van der Waals surface area contributed by atoms with Gasteiger partial charge in [-0.2, -0.15) is 0 Å². The van der Waals surface area contributed by atoms with Crippen LogP contribution in [0.15, 0.2) is 12.5 Å². The summed E-state index contributed by atoms with van der Waals surface area (Å²) in [6.07, 6.45) is -0.882. The molecule has 1 atom stereocenters. The number of ether oxygens (including phenoxy) is 1. The highest BCUT2D eigenvalue weighted by Gasteiger charge is 2.01. The van der Waals surface area contributed by atoms with Crippen LogP contribution >= 0.6 is 0 Å². The van der Waals surface area contributed by atoms with E-state index in [1.54, 1.807) is 0 Å². The molecule has 0 bridgehead atoms. The molecule has 1 unspecified atom stereocenters. The van der Waals surface area contributed by atoms with Gasteiger partial charge in [0.15, 0.2) is 0 Å². The second kappa shape index (κ2) is 6.90. The maximum absolute atomic E-state index is 8.82. The lowest BCUT2D eigenvalue weighted by Crippen LogP contribution is -2.25. The van der Waals surface area contributed by atoms with Gasteiger partial charge in [0.1, 0.15) is 12.7 Å². The first kappa shape index (κ1) is 11.2. The van der Waals surface area contributed by atoms with Gasteiger partial charge in [0.05, 0.1) is 13.2 Å². The standard InChI is InChI=1S/C7H15NO4/c1-3-11-6(2)8-12-5-7(10)4-9/h7-10H,2-5H2,1H3. The molecule has 72 valence electrons. The Bertz CT molecular complexity index is 129. The highest BCUT2D eigenvalue weighted by atomic mass is 16.7. The quantitative estimate of drug-likeness (QED) is 0.357. The van der Waals surface area contributed by atoms with Crippen LogP contribution in [0.4, 0.5) is 0 Å². The molecule has 0 radical (unpaired) electrons. The van der Waals surface area contributed by atoms with Gasteiger partial charge >= 0.3 is 0 Å². The number of hydroxylamine groups is 1. The van der Waals surface area contributed by atoms with Crippen molar-refractivity contribution in [2.45, 2.75) is 13.0 Å². The molecular weight excluding hydrogens is 162 g/mol. The molecule has 5 nitrogen and oxygen atoms in total. The van der Waals surface area contributed by atoms with E-state index in [4.69, 9.17) is 19.8 Å². The third-order valence-corrected chi connectivity index (χ3v) is 0.991. The molecule has 0 saturated heterocycles. The number of aliphatic hydroxyl groups is 2. The lowest BCUT2D eigenvalue weighted by molar-refractivity contribution is -0.0448. The van der Waals surface area contributed by atoms with E-state index in [9.17, 15) is 0 Å². The molecule has 0 saturated carbocycles. The van der Waals surface area contributed by atoms with E-state index in [0.717, 1.165) is 0 Å². The van der Waals surface area contributed by atoms with Gasteiger partial charge in [-0.3, -0.25) is 4.84 Å². The van der Waals surface area contributed by atoms with Crippen molar-refractivity contribution >= 4 is 0 Å². The molecule has 0 aromatic carbocycles. The highest BCUT2D eigenvalue weighted by Crippen LogP contribution is 1.88. The number of aliphatic hydroxyl groups excluding tert-OH is 2. The molecule has 0 heterocycles. The van der Waals surface area contributed by atoms with Crippen LogP contribution in [-0.2, 0) is 9.57 Å². The van der Waals surface area contributed by atoms with Crippen LogP contribution in [0.3, 0.4) is 0 Å². The second-order valence-electron chi connectivity index (χ2n) is 2.11. The average molecular weight is 177 g/mol. The minimum absolute atomic E-state index is 0.0113. The minimum Gasteiger partial charge on any atom is -0.478 e. The molecule has 0 aliphatic carbocycles. The normalized spacial score (nSPS) is 12.2. The Kier molecular flexibility index (Phi) is 6.45. The molecule has 0 aliphatic rings. The van der Waals surface area contributed by atoms with Gasteiger partial charge in [-0.25, -0.2) is 5.48 Å². The summed E-state index contributed by atoms with van der Waals surface area (Å²) in [6, 6.07) is 0. The Labute approximate surface area is 71.6 Å². The molecule has 3 N–H and O–H groups in total. The Hall–Kier alpha value is -0.780. The molecule has 0 aromatic heterocycles. The van der Waals surface area contributed by atoms with E-state index in [1.165, 1.54) is 0 Å². The van der Waals surface area contributed by atoms with Crippen molar-refractivity contribution < 1.29 is 19.8 Å². The zero-order chi connectivity index (χ0) is 9.40.